The Morgan fingerprint density at radius 1 is 1.20 bits per heavy atom. The molecule has 1 aliphatic rings. The topological polar surface area (TPSA) is 66.9 Å². The zero-order valence-electron chi connectivity index (χ0n) is 16.1. The molecule has 11 heteroatoms. The first-order chi connectivity index (χ1) is 14.1. The Morgan fingerprint density at radius 3 is 2.47 bits per heavy atom. The van der Waals surface area contributed by atoms with Gasteiger partial charge in [0.05, 0.1) is 0 Å². The van der Waals surface area contributed by atoms with Gasteiger partial charge in [0.25, 0.3) is 10.0 Å². The Bertz CT molecular complexity index is 970. The molecule has 30 heavy (non-hydrogen) atoms. The number of carbonyl (C=O) groups excluding carboxylic acids is 1. The summed E-state index contributed by atoms with van der Waals surface area (Å²) in [4.78, 5) is 14.1. The highest BCUT2D eigenvalue weighted by atomic mass is 32.2. The van der Waals surface area contributed by atoms with Gasteiger partial charge in [-0.1, -0.05) is 24.3 Å². The highest BCUT2D eigenvalue weighted by molar-refractivity contribution is 7.91. The second-order valence-electron chi connectivity index (χ2n) is 6.96. The molecule has 1 aromatic carbocycles. The second-order valence-corrected chi connectivity index (χ2v) is 10.1. The minimum atomic E-state index is -4.82. The number of halogens is 3. The summed E-state index contributed by atoms with van der Waals surface area (Å²) >= 11 is 1.15. The van der Waals surface area contributed by atoms with Gasteiger partial charge in [0.1, 0.15) is 9.96 Å². The molecule has 2 aromatic rings. The maximum absolute atomic E-state index is 12.8. The van der Waals surface area contributed by atoms with Crippen molar-refractivity contribution >= 4 is 27.3 Å². The standard InChI is InChI=1S/C19H21F3N2O4S2/c1-23(13-15-5-2-3-6-16(15)28-19(20,21)22)18(25)14-8-10-24(11-9-14)30(26,27)17-7-4-12-29-17/h2-7,12,14H,8-11,13H2,1H3. The normalized spacial score (nSPS) is 16.4. The number of nitrogens with zero attached hydrogens (tertiary/aromatic N) is 2. The van der Waals surface area contributed by atoms with Crippen LogP contribution in [0.15, 0.2) is 46.0 Å². The second kappa shape index (κ2) is 8.94. The zero-order chi connectivity index (χ0) is 21.9. The predicted octanol–water partition coefficient (Wildman–Crippen LogP) is 3.71. The fourth-order valence-electron chi connectivity index (χ4n) is 3.38. The molecule has 6 nitrogen and oxygen atoms in total. The van der Waals surface area contributed by atoms with E-state index in [0.717, 1.165) is 11.3 Å². The van der Waals surface area contributed by atoms with Crippen molar-refractivity contribution in [3.8, 4) is 5.75 Å². The van der Waals surface area contributed by atoms with E-state index in [1.54, 1.807) is 23.6 Å². The van der Waals surface area contributed by atoms with Crippen LogP contribution in [0.2, 0.25) is 0 Å². The van der Waals surface area contributed by atoms with Crippen LogP contribution in [-0.4, -0.2) is 50.0 Å². The summed E-state index contributed by atoms with van der Waals surface area (Å²) in [6, 6.07) is 8.89. The van der Waals surface area contributed by atoms with E-state index in [4.69, 9.17) is 0 Å². The van der Waals surface area contributed by atoms with Crippen molar-refractivity contribution in [1.29, 1.82) is 0 Å². The first-order valence-corrected chi connectivity index (χ1v) is 11.5. The van der Waals surface area contributed by atoms with Crippen molar-refractivity contribution < 1.29 is 31.1 Å². The molecule has 0 spiro atoms. The van der Waals surface area contributed by atoms with E-state index in [1.807, 2.05) is 0 Å². The lowest BCUT2D eigenvalue weighted by molar-refractivity contribution is -0.275. The van der Waals surface area contributed by atoms with E-state index < -0.39 is 16.4 Å². The molecule has 0 atom stereocenters. The molecule has 164 valence electrons. The third kappa shape index (κ3) is 5.32. The van der Waals surface area contributed by atoms with Crippen LogP contribution in [0.1, 0.15) is 18.4 Å². The number of piperidine rings is 1. The summed E-state index contributed by atoms with van der Waals surface area (Å²) in [5, 5.41) is 1.69. The maximum Gasteiger partial charge on any atom is 0.573 e. The van der Waals surface area contributed by atoms with Gasteiger partial charge in [0.15, 0.2) is 0 Å². The van der Waals surface area contributed by atoms with Gasteiger partial charge in [-0.15, -0.1) is 24.5 Å². The fourth-order valence-corrected chi connectivity index (χ4v) is 6.00. The minimum Gasteiger partial charge on any atom is -0.405 e. The van der Waals surface area contributed by atoms with Gasteiger partial charge in [-0.3, -0.25) is 4.79 Å². The molecule has 1 fully saturated rings. The summed E-state index contributed by atoms with van der Waals surface area (Å²) < 4.78 is 68.6. The first kappa shape index (κ1) is 22.6. The summed E-state index contributed by atoms with van der Waals surface area (Å²) in [6.45, 7) is 0.398. The largest absolute Gasteiger partial charge is 0.573 e. The van der Waals surface area contributed by atoms with Gasteiger partial charge >= 0.3 is 6.36 Å². The monoisotopic (exact) mass is 462 g/mol. The fraction of sp³-hybridized carbons (Fsp3) is 0.421. The van der Waals surface area contributed by atoms with E-state index in [9.17, 15) is 26.4 Å². The van der Waals surface area contributed by atoms with Crippen LogP contribution in [0.5, 0.6) is 5.75 Å². The van der Waals surface area contributed by atoms with E-state index in [-0.39, 0.29) is 47.0 Å². The van der Waals surface area contributed by atoms with Crippen molar-refractivity contribution in [2.24, 2.45) is 5.92 Å². The van der Waals surface area contributed by atoms with E-state index in [0.29, 0.717) is 12.8 Å². The molecule has 0 saturated carbocycles. The van der Waals surface area contributed by atoms with Crippen LogP contribution >= 0.6 is 11.3 Å². The Balaban J connectivity index is 1.61. The van der Waals surface area contributed by atoms with Gasteiger partial charge in [0.2, 0.25) is 5.91 Å². The molecule has 0 N–H and O–H groups in total. The number of hydrogen-bond donors (Lipinski definition) is 0. The average molecular weight is 463 g/mol. The van der Waals surface area contributed by atoms with Crippen LogP contribution in [0.4, 0.5) is 13.2 Å². The molecule has 0 bridgehead atoms. The number of ether oxygens (including phenoxy) is 1. The van der Waals surface area contributed by atoms with Gasteiger partial charge in [-0.05, 0) is 30.4 Å². The van der Waals surface area contributed by atoms with Crippen molar-refractivity contribution in [3.63, 3.8) is 0 Å². The number of hydrogen-bond acceptors (Lipinski definition) is 5. The van der Waals surface area contributed by atoms with Crippen LogP contribution in [0.25, 0.3) is 0 Å². The lowest BCUT2D eigenvalue weighted by Crippen LogP contribution is -2.43. The van der Waals surface area contributed by atoms with Crippen molar-refractivity contribution in [2.45, 2.75) is 30.0 Å². The van der Waals surface area contributed by atoms with Crippen molar-refractivity contribution in [2.75, 3.05) is 20.1 Å². The van der Waals surface area contributed by atoms with Gasteiger partial charge in [-0.2, -0.15) is 4.31 Å². The number of sulfonamides is 1. The van der Waals surface area contributed by atoms with Gasteiger partial charge in [-0.25, -0.2) is 8.42 Å². The number of alkyl halides is 3. The number of thiophene rings is 1. The molecule has 1 saturated heterocycles. The number of amides is 1. The molecule has 1 aromatic heterocycles. The van der Waals surface area contributed by atoms with E-state index >= 15 is 0 Å². The number of rotatable bonds is 6. The SMILES string of the molecule is CN(Cc1ccccc1OC(F)(F)F)C(=O)C1CCN(S(=O)(=O)c2cccs2)CC1. The molecular formula is C19H21F3N2O4S2. The predicted molar refractivity (Wildman–Crippen MR) is 105 cm³/mol. The Kier molecular flexibility index (Phi) is 6.73. The van der Waals surface area contributed by atoms with Gasteiger partial charge in [0, 0.05) is 38.2 Å². The lowest BCUT2D eigenvalue weighted by Gasteiger charge is -2.32. The van der Waals surface area contributed by atoms with Crippen LogP contribution < -0.4 is 4.74 Å². The molecule has 1 aliphatic heterocycles. The maximum atomic E-state index is 12.8. The zero-order valence-corrected chi connectivity index (χ0v) is 17.8. The summed E-state index contributed by atoms with van der Waals surface area (Å²) in [5.41, 5.74) is 0.239. The lowest BCUT2D eigenvalue weighted by atomic mass is 9.96. The quantitative estimate of drug-likeness (QED) is 0.657. The Morgan fingerprint density at radius 2 is 1.87 bits per heavy atom. The molecule has 0 aliphatic carbocycles. The van der Waals surface area contributed by atoms with E-state index in [1.165, 1.54) is 34.5 Å². The highest BCUT2D eigenvalue weighted by Crippen LogP contribution is 2.29. The summed E-state index contributed by atoms with van der Waals surface area (Å²) in [6.07, 6.45) is -4.11. The van der Waals surface area contributed by atoms with Crippen LogP contribution in [-0.2, 0) is 21.4 Å². The summed E-state index contributed by atoms with van der Waals surface area (Å²) in [5.74, 6) is -0.966. The van der Waals surface area contributed by atoms with Crippen LogP contribution in [0.3, 0.4) is 0 Å². The first-order valence-electron chi connectivity index (χ1n) is 9.20. The van der Waals surface area contributed by atoms with Crippen molar-refractivity contribution in [3.05, 3.63) is 47.3 Å². The molecule has 3 rings (SSSR count). The van der Waals surface area contributed by atoms with Crippen molar-refractivity contribution in [1.82, 2.24) is 9.21 Å². The number of para-hydroxylation sites is 1. The van der Waals surface area contributed by atoms with Gasteiger partial charge < -0.3 is 9.64 Å². The summed E-state index contributed by atoms with van der Waals surface area (Å²) in [7, 11) is -2.04. The molecular weight excluding hydrogens is 441 g/mol. The molecule has 0 radical (unpaired) electrons. The average Bonchev–Trinajstić information content (AvgIpc) is 3.23. The minimum absolute atomic E-state index is 0.0429. The molecule has 1 amide bonds. The number of carbonyl (C=O) groups is 1. The Labute approximate surface area is 176 Å². The molecule has 2 heterocycles. The van der Waals surface area contributed by atoms with Crippen LogP contribution in [0, 0.1) is 5.92 Å². The highest BCUT2D eigenvalue weighted by Gasteiger charge is 2.35. The third-order valence-corrected chi connectivity index (χ3v) is 8.15. The Hall–Kier alpha value is -2.11. The molecule has 0 unspecified atom stereocenters. The smallest absolute Gasteiger partial charge is 0.405 e. The van der Waals surface area contributed by atoms with E-state index in [2.05, 4.69) is 4.74 Å². The number of benzene rings is 1. The third-order valence-electron chi connectivity index (χ3n) is 4.87.